The molecule has 34 heavy (non-hydrogen) atoms. The summed E-state index contributed by atoms with van der Waals surface area (Å²) in [5, 5.41) is 2.76. The van der Waals surface area contributed by atoms with E-state index in [4.69, 9.17) is 4.74 Å². The molecule has 4 rings (SSSR count). The largest absolute Gasteiger partial charge is 0.495 e. The van der Waals surface area contributed by atoms with Crippen LogP contribution in [0.4, 0.5) is 15.8 Å². The summed E-state index contributed by atoms with van der Waals surface area (Å²) in [4.78, 5) is 14.8. The number of hydrogen-bond acceptors (Lipinski definition) is 5. The molecule has 1 aliphatic rings. The van der Waals surface area contributed by atoms with Crippen LogP contribution in [0.2, 0.25) is 0 Å². The smallest absolute Gasteiger partial charge is 0.255 e. The first-order chi connectivity index (χ1) is 16.3. The number of nitrogens with one attached hydrogen (secondary N) is 1. The van der Waals surface area contributed by atoms with Crippen molar-refractivity contribution in [2.24, 2.45) is 0 Å². The maximum atomic E-state index is 13.3. The van der Waals surface area contributed by atoms with Gasteiger partial charge in [0, 0.05) is 37.4 Å². The number of carbonyl (C=O) groups excluding carboxylic acids is 1. The number of carbonyl (C=O) groups is 1. The number of aryl methyl sites for hydroxylation is 1. The Bertz CT molecular complexity index is 1270. The highest BCUT2D eigenvalue weighted by Crippen LogP contribution is 2.30. The molecule has 1 N–H and O–H groups in total. The number of halogens is 1. The monoisotopic (exact) mass is 483 g/mol. The summed E-state index contributed by atoms with van der Waals surface area (Å²) in [6, 6.07) is 17.7. The van der Waals surface area contributed by atoms with Crippen LogP contribution in [0, 0.1) is 12.7 Å². The summed E-state index contributed by atoms with van der Waals surface area (Å²) >= 11 is 0. The third-order valence-electron chi connectivity index (χ3n) is 5.80. The number of ether oxygens (including phenoxy) is 1. The minimum Gasteiger partial charge on any atom is -0.495 e. The van der Waals surface area contributed by atoms with E-state index >= 15 is 0 Å². The zero-order chi connectivity index (χ0) is 24.3. The number of anilines is 2. The SMILES string of the molecule is COc1ccc(S(=O)(=O)N2CCN(c3ccc(F)cc3)CC2)cc1NC(=O)c1ccc(C)cc1. The van der Waals surface area contributed by atoms with E-state index in [1.165, 1.54) is 41.7 Å². The van der Waals surface area contributed by atoms with Gasteiger partial charge in [-0.3, -0.25) is 4.79 Å². The standard InChI is InChI=1S/C25H26FN3O4S/c1-18-3-5-19(6-4-18)25(30)27-23-17-22(11-12-24(23)33-2)34(31,32)29-15-13-28(14-16-29)21-9-7-20(26)8-10-21/h3-12,17H,13-16H2,1-2H3,(H,27,30). The van der Waals surface area contributed by atoms with Crippen molar-refractivity contribution < 1.29 is 22.3 Å². The predicted octanol–water partition coefficient (Wildman–Crippen LogP) is 3.91. The van der Waals surface area contributed by atoms with Gasteiger partial charge in [-0.2, -0.15) is 4.31 Å². The third-order valence-corrected chi connectivity index (χ3v) is 7.70. The highest BCUT2D eigenvalue weighted by Gasteiger charge is 2.29. The van der Waals surface area contributed by atoms with Gasteiger partial charge in [-0.25, -0.2) is 12.8 Å². The van der Waals surface area contributed by atoms with E-state index in [0.717, 1.165) is 11.3 Å². The molecule has 0 atom stereocenters. The van der Waals surface area contributed by atoms with Crippen LogP contribution in [0.5, 0.6) is 5.75 Å². The summed E-state index contributed by atoms with van der Waals surface area (Å²) in [6.07, 6.45) is 0. The van der Waals surface area contributed by atoms with Crippen LogP contribution in [0.3, 0.4) is 0 Å². The fourth-order valence-electron chi connectivity index (χ4n) is 3.83. The minimum absolute atomic E-state index is 0.0720. The fraction of sp³-hybridized carbons (Fsp3) is 0.240. The van der Waals surface area contributed by atoms with Crippen LogP contribution in [0.1, 0.15) is 15.9 Å². The number of hydrogen-bond donors (Lipinski definition) is 1. The van der Waals surface area contributed by atoms with E-state index in [0.29, 0.717) is 24.4 Å². The Labute approximate surface area is 198 Å². The normalized spacial score (nSPS) is 14.6. The van der Waals surface area contributed by atoms with Crippen LogP contribution in [-0.2, 0) is 10.0 Å². The van der Waals surface area contributed by atoms with E-state index in [2.05, 4.69) is 5.32 Å². The predicted molar refractivity (Wildman–Crippen MR) is 129 cm³/mol. The van der Waals surface area contributed by atoms with E-state index in [1.54, 1.807) is 24.3 Å². The summed E-state index contributed by atoms with van der Waals surface area (Å²) in [5.74, 6) is -0.309. The molecule has 0 aliphatic carbocycles. The van der Waals surface area contributed by atoms with E-state index in [1.807, 2.05) is 24.0 Å². The Balaban J connectivity index is 1.51. The van der Waals surface area contributed by atoms with Crippen molar-refractivity contribution in [3.8, 4) is 5.75 Å². The number of amides is 1. The molecule has 1 amide bonds. The molecule has 0 spiro atoms. The van der Waals surface area contributed by atoms with Gasteiger partial charge >= 0.3 is 0 Å². The molecule has 0 radical (unpaired) electrons. The molecule has 178 valence electrons. The molecule has 9 heteroatoms. The zero-order valence-corrected chi connectivity index (χ0v) is 19.8. The lowest BCUT2D eigenvalue weighted by molar-refractivity contribution is 0.102. The second kappa shape index (κ2) is 9.82. The van der Waals surface area contributed by atoms with Gasteiger partial charge in [-0.1, -0.05) is 17.7 Å². The average molecular weight is 484 g/mol. The second-order valence-electron chi connectivity index (χ2n) is 8.05. The summed E-state index contributed by atoms with van der Waals surface area (Å²) in [6.45, 7) is 3.47. The van der Waals surface area contributed by atoms with Crippen LogP contribution in [-0.4, -0.2) is 51.9 Å². The Morgan fingerprint density at radius 3 is 2.21 bits per heavy atom. The number of nitrogens with zero attached hydrogens (tertiary/aromatic N) is 2. The molecule has 3 aromatic carbocycles. The van der Waals surface area contributed by atoms with Crippen molar-refractivity contribution in [1.29, 1.82) is 0 Å². The quantitative estimate of drug-likeness (QED) is 0.575. The second-order valence-corrected chi connectivity index (χ2v) is 9.99. The highest BCUT2D eigenvalue weighted by molar-refractivity contribution is 7.89. The van der Waals surface area contributed by atoms with Gasteiger partial charge in [0.25, 0.3) is 5.91 Å². The maximum Gasteiger partial charge on any atom is 0.255 e. The van der Waals surface area contributed by atoms with Crippen LogP contribution in [0.25, 0.3) is 0 Å². The molecule has 1 heterocycles. The van der Waals surface area contributed by atoms with Crippen molar-refractivity contribution in [2.75, 3.05) is 43.5 Å². The molecule has 0 unspecified atom stereocenters. The molecule has 1 fully saturated rings. The summed E-state index contributed by atoms with van der Waals surface area (Å²) in [7, 11) is -2.33. The average Bonchev–Trinajstić information content (AvgIpc) is 2.85. The highest BCUT2D eigenvalue weighted by atomic mass is 32.2. The molecule has 3 aromatic rings. The molecular formula is C25H26FN3O4S. The number of piperazine rings is 1. The van der Waals surface area contributed by atoms with Gasteiger partial charge in [0.1, 0.15) is 11.6 Å². The Kier molecular flexibility index (Phi) is 6.85. The molecule has 1 aliphatic heterocycles. The van der Waals surface area contributed by atoms with Crippen molar-refractivity contribution in [1.82, 2.24) is 4.31 Å². The maximum absolute atomic E-state index is 13.3. The molecule has 1 saturated heterocycles. The van der Waals surface area contributed by atoms with Gasteiger partial charge in [-0.05, 0) is 61.5 Å². The van der Waals surface area contributed by atoms with Gasteiger partial charge < -0.3 is 15.0 Å². The van der Waals surface area contributed by atoms with E-state index in [9.17, 15) is 17.6 Å². The lowest BCUT2D eigenvalue weighted by Gasteiger charge is -2.35. The fourth-order valence-corrected chi connectivity index (χ4v) is 5.28. The molecule has 0 saturated carbocycles. The van der Waals surface area contributed by atoms with Gasteiger partial charge in [0.05, 0.1) is 17.7 Å². The zero-order valence-electron chi connectivity index (χ0n) is 19.0. The number of methoxy groups -OCH3 is 1. The first-order valence-corrected chi connectivity index (χ1v) is 12.3. The van der Waals surface area contributed by atoms with Crippen LogP contribution < -0.4 is 15.0 Å². The minimum atomic E-state index is -3.79. The Morgan fingerprint density at radius 1 is 0.941 bits per heavy atom. The van der Waals surface area contributed by atoms with Crippen LogP contribution in [0.15, 0.2) is 71.6 Å². The molecule has 0 aromatic heterocycles. The van der Waals surface area contributed by atoms with Crippen molar-refractivity contribution in [2.45, 2.75) is 11.8 Å². The van der Waals surface area contributed by atoms with Crippen molar-refractivity contribution in [3.63, 3.8) is 0 Å². The topological polar surface area (TPSA) is 79.0 Å². The van der Waals surface area contributed by atoms with Crippen molar-refractivity contribution >= 4 is 27.3 Å². The number of rotatable bonds is 6. The molecule has 7 nitrogen and oxygen atoms in total. The lowest BCUT2D eigenvalue weighted by Crippen LogP contribution is -2.48. The first kappa shape index (κ1) is 23.7. The number of benzene rings is 3. The molecular weight excluding hydrogens is 457 g/mol. The summed E-state index contributed by atoms with van der Waals surface area (Å²) in [5.41, 5.74) is 2.61. The van der Waals surface area contributed by atoms with Crippen LogP contribution >= 0.6 is 0 Å². The van der Waals surface area contributed by atoms with Gasteiger partial charge in [0.2, 0.25) is 10.0 Å². The first-order valence-electron chi connectivity index (χ1n) is 10.8. The van der Waals surface area contributed by atoms with Gasteiger partial charge in [0.15, 0.2) is 0 Å². The van der Waals surface area contributed by atoms with Gasteiger partial charge in [-0.15, -0.1) is 0 Å². The lowest BCUT2D eigenvalue weighted by atomic mass is 10.1. The Hall–Kier alpha value is -3.43. The van der Waals surface area contributed by atoms with E-state index < -0.39 is 10.0 Å². The van der Waals surface area contributed by atoms with Crippen molar-refractivity contribution in [3.05, 3.63) is 83.7 Å². The number of sulfonamides is 1. The van der Waals surface area contributed by atoms with E-state index in [-0.39, 0.29) is 35.4 Å². The Morgan fingerprint density at radius 2 is 1.59 bits per heavy atom. The third kappa shape index (κ3) is 5.05. The molecule has 0 bridgehead atoms. The summed E-state index contributed by atoms with van der Waals surface area (Å²) < 4.78 is 46.6.